The van der Waals surface area contributed by atoms with Gasteiger partial charge in [0.1, 0.15) is 5.52 Å². The quantitative estimate of drug-likeness (QED) is 0.819. The van der Waals surface area contributed by atoms with Crippen molar-refractivity contribution in [1.29, 1.82) is 0 Å². The summed E-state index contributed by atoms with van der Waals surface area (Å²) in [5, 5.41) is 4.44. The Balaban J connectivity index is 1.92. The Morgan fingerprint density at radius 3 is 3.18 bits per heavy atom. The van der Waals surface area contributed by atoms with Crippen LogP contribution in [0.5, 0.6) is 0 Å². The van der Waals surface area contributed by atoms with E-state index in [1.165, 1.54) is 12.8 Å². The number of piperidine rings is 1. The van der Waals surface area contributed by atoms with Gasteiger partial charge >= 0.3 is 0 Å². The van der Waals surface area contributed by atoms with Gasteiger partial charge in [0.15, 0.2) is 0 Å². The molecule has 1 unspecified atom stereocenters. The number of hydrogen-bond acceptors (Lipinski definition) is 2. The molecule has 2 N–H and O–H groups in total. The zero-order chi connectivity index (χ0) is 11.7. The Labute approximate surface area is 99.6 Å². The van der Waals surface area contributed by atoms with Crippen molar-refractivity contribution in [2.24, 2.45) is 5.92 Å². The van der Waals surface area contributed by atoms with Gasteiger partial charge in [0.25, 0.3) is 5.56 Å². The molecule has 17 heavy (non-hydrogen) atoms. The first-order chi connectivity index (χ1) is 8.34. The van der Waals surface area contributed by atoms with Gasteiger partial charge in [-0.3, -0.25) is 4.79 Å². The summed E-state index contributed by atoms with van der Waals surface area (Å²) in [4.78, 5) is 14.6. The van der Waals surface area contributed by atoms with Crippen molar-refractivity contribution in [3.05, 3.63) is 34.9 Å². The first-order valence-electron chi connectivity index (χ1n) is 6.22. The van der Waals surface area contributed by atoms with E-state index in [0.717, 1.165) is 30.5 Å². The Morgan fingerprint density at radius 1 is 1.41 bits per heavy atom. The number of pyridine rings is 1. The number of rotatable bonds is 2. The summed E-state index contributed by atoms with van der Waals surface area (Å²) >= 11 is 0. The minimum absolute atomic E-state index is 0.0104. The summed E-state index contributed by atoms with van der Waals surface area (Å²) in [6.07, 6.45) is 6.21. The number of fused-ring (bicyclic) bond motifs is 1. The number of aromatic nitrogens is 2. The zero-order valence-corrected chi connectivity index (χ0v) is 9.78. The van der Waals surface area contributed by atoms with Crippen LogP contribution in [-0.4, -0.2) is 22.6 Å². The van der Waals surface area contributed by atoms with Crippen molar-refractivity contribution in [1.82, 2.24) is 14.9 Å². The fraction of sp³-hybridized carbons (Fsp3) is 0.462. The van der Waals surface area contributed by atoms with Gasteiger partial charge in [0.2, 0.25) is 0 Å². The smallest absolute Gasteiger partial charge is 0.272 e. The van der Waals surface area contributed by atoms with Gasteiger partial charge in [0, 0.05) is 24.3 Å². The molecule has 90 valence electrons. The average Bonchev–Trinajstić information content (AvgIpc) is 2.75. The fourth-order valence-corrected chi connectivity index (χ4v) is 2.67. The van der Waals surface area contributed by atoms with Crippen LogP contribution in [0.15, 0.2) is 29.3 Å². The molecule has 1 atom stereocenters. The standard InChI is InChI=1S/C13H17N3O/c17-13-12-11(3-6-15-13)4-7-16(12)9-10-2-1-5-14-8-10/h3-4,6-7,10,14H,1-2,5,8-9H2,(H,15,17). The monoisotopic (exact) mass is 231 g/mol. The highest BCUT2D eigenvalue weighted by molar-refractivity contribution is 5.78. The highest BCUT2D eigenvalue weighted by atomic mass is 16.1. The molecule has 1 fully saturated rings. The van der Waals surface area contributed by atoms with E-state index >= 15 is 0 Å². The number of nitrogens with zero attached hydrogens (tertiary/aromatic N) is 1. The summed E-state index contributed by atoms with van der Waals surface area (Å²) in [6, 6.07) is 3.97. The maximum atomic E-state index is 11.8. The van der Waals surface area contributed by atoms with Gasteiger partial charge in [-0.05, 0) is 44.0 Å². The third kappa shape index (κ3) is 2.00. The van der Waals surface area contributed by atoms with Gasteiger partial charge in [-0.15, -0.1) is 0 Å². The highest BCUT2D eigenvalue weighted by Gasteiger charge is 2.15. The molecule has 1 saturated heterocycles. The molecular weight excluding hydrogens is 214 g/mol. The molecule has 0 radical (unpaired) electrons. The largest absolute Gasteiger partial charge is 0.343 e. The molecule has 0 bridgehead atoms. The molecule has 0 spiro atoms. The van der Waals surface area contributed by atoms with Crippen molar-refractivity contribution in [2.45, 2.75) is 19.4 Å². The van der Waals surface area contributed by atoms with Gasteiger partial charge < -0.3 is 14.9 Å². The maximum absolute atomic E-state index is 11.8. The number of aromatic amines is 1. The average molecular weight is 231 g/mol. The van der Waals surface area contributed by atoms with Crippen molar-refractivity contribution in [3.63, 3.8) is 0 Å². The van der Waals surface area contributed by atoms with Crippen LogP contribution in [-0.2, 0) is 6.54 Å². The summed E-state index contributed by atoms with van der Waals surface area (Å²) in [5.41, 5.74) is 0.814. The van der Waals surface area contributed by atoms with Crippen LogP contribution in [0.3, 0.4) is 0 Å². The molecule has 4 heteroatoms. The molecule has 2 aromatic rings. The van der Waals surface area contributed by atoms with Crippen LogP contribution in [0.1, 0.15) is 12.8 Å². The second kappa shape index (κ2) is 4.37. The molecule has 0 aliphatic carbocycles. The Kier molecular flexibility index (Phi) is 2.73. The van der Waals surface area contributed by atoms with E-state index in [4.69, 9.17) is 0 Å². The molecule has 3 rings (SSSR count). The zero-order valence-electron chi connectivity index (χ0n) is 9.78. The fourth-order valence-electron chi connectivity index (χ4n) is 2.67. The molecule has 0 aromatic carbocycles. The van der Waals surface area contributed by atoms with Crippen LogP contribution >= 0.6 is 0 Å². The summed E-state index contributed by atoms with van der Waals surface area (Å²) < 4.78 is 2.09. The first-order valence-corrected chi connectivity index (χ1v) is 6.22. The third-order valence-corrected chi connectivity index (χ3v) is 3.54. The lowest BCUT2D eigenvalue weighted by molar-refractivity contribution is 0.340. The molecule has 0 amide bonds. The normalized spacial score (nSPS) is 20.8. The van der Waals surface area contributed by atoms with Gasteiger partial charge in [-0.2, -0.15) is 0 Å². The van der Waals surface area contributed by atoms with Crippen LogP contribution < -0.4 is 10.9 Å². The van der Waals surface area contributed by atoms with Gasteiger partial charge in [0.05, 0.1) is 0 Å². The lowest BCUT2D eigenvalue weighted by atomic mass is 10.00. The minimum atomic E-state index is 0.0104. The lowest BCUT2D eigenvalue weighted by Crippen LogP contribution is -2.32. The molecule has 1 aliphatic heterocycles. The molecule has 1 aliphatic rings. The molecular formula is C13H17N3O. The molecule has 4 nitrogen and oxygen atoms in total. The minimum Gasteiger partial charge on any atom is -0.343 e. The van der Waals surface area contributed by atoms with Crippen LogP contribution in [0.2, 0.25) is 0 Å². The van der Waals surface area contributed by atoms with E-state index in [1.54, 1.807) is 6.20 Å². The SMILES string of the molecule is O=c1[nH]ccc2ccn(CC3CCCNC3)c12. The Bertz CT molecular complexity index is 563. The molecule has 0 saturated carbocycles. The second-order valence-electron chi connectivity index (χ2n) is 4.79. The van der Waals surface area contributed by atoms with Crippen LogP contribution in [0.25, 0.3) is 10.9 Å². The summed E-state index contributed by atoms with van der Waals surface area (Å²) in [6.45, 7) is 3.12. The summed E-state index contributed by atoms with van der Waals surface area (Å²) in [5.74, 6) is 0.638. The van der Waals surface area contributed by atoms with E-state index in [-0.39, 0.29) is 5.56 Å². The van der Waals surface area contributed by atoms with Gasteiger partial charge in [-0.25, -0.2) is 0 Å². The maximum Gasteiger partial charge on any atom is 0.272 e. The second-order valence-corrected chi connectivity index (χ2v) is 4.79. The van der Waals surface area contributed by atoms with Crippen molar-refractivity contribution in [3.8, 4) is 0 Å². The molecule has 2 aromatic heterocycles. The van der Waals surface area contributed by atoms with Gasteiger partial charge in [-0.1, -0.05) is 0 Å². The van der Waals surface area contributed by atoms with Crippen LogP contribution in [0.4, 0.5) is 0 Å². The lowest BCUT2D eigenvalue weighted by Gasteiger charge is -2.23. The molecule has 3 heterocycles. The predicted octanol–water partition coefficient (Wildman–Crippen LogP) is 1.33. The number of H-pyrrole nitrogens is 1. The predicted molar refractivity (Wildman–Crippen MR) is 68.2 cm³/mol. The number of hydrogen-bond donors (Lipinski definition) is 2. The van der Waals surface area contributed by atoms with Crippen LogP contribution in [0, 0.1) is 5.92 Å². The first kappa shape index (κ1) is 10.6. The van der Waals surface area contributed by atoms with E-state index in [1.807, 2.05) is 18.3 Å². The highest BCUT2D eigenvalue weighted by Crippen LogP contribution is 2.16. The van der Waals surface area contributed by atoms with Crippen molar-refractivity contribution in [2.75, 3.05) is 13.1 Å². The summed E-state index contributed by atoms with van der Waals surface area (Å²) in [7, 11) is 0. The van der Waals surface area contributed by atoms with Crippen molar-refractivity contribution >= 4 is 10.9 Å². The van der Waals surface area contributed by atoms with E-state index in [9.17, 15) is 4.79 Å². The Morgan fingerprint density at radius 2 is 2.35 bits per heavy atom. The number of nitrogens with one attached hydrogen (secondary N) is 2. The Hall–Kier alpha value is -1.55. The topological polar surface area (TPSA) is 49.8 Å². The van der Waals surface area contributed by atoms with E-state index in [2.05, 4.69) is 14.9 Å². The van der Waals surface area contributed by atoms with E-state index in [0.29, 0.717) is 5.92 Å². The van der Waals surface area contributed by atoms with Crippen molar-refractivity contribution < 1.29 is 0 Å². The third-order valence-electron chi connectivity index (χ3n) is 3.54. The van der Waals surface area contributed by atoms with E-state index < -0.39 is 0 Å².